The van der Waals surface area contributed by atoms with Gasteiger partial charge in [-0.15, -0.1) is 0 Å². The number of aromatic nitrogens is 3. The Balaban J connectivity index is 1.83. The van der Waals surface area contributed by atoms with Gasteiger partial charge in [0.1, 0.15) is 11.8 Å². The number of aryl methyl sites for hydroxylation is 1. The Morgan fingerprint density at radius 1 is 1.26 bits per heavy atom. The van der Waals surface area contributed by atoms with Crippen LogP contribution in [0.15, 0.2) is 35.5 Å². The summed E-state index contributed by atoms with van der Waals surface area (Å²) >= 11 is 0. The monoisotopic (exact) mass is 368 g/mol. The van der Waals surface area contributed by atoms with Crippen molar-refractivity contribution in [2.75, 3.05) is 11.9 Å². The molecule has 1 aliphatic heterocycles. The van der Waals surface area contributed by atoms with Crippen molar-refractivity contribution >= 4 is 11.7 Å². The second-order valence-corrected chi connectivity index (χ2v) is 8.08. The van der Waals surface area contributed by atoms with Gasteiger partial charge in [0, 0.05) is 30.7 Å². The van der Waals surface area contributed by atoms with Crippen molar-refractivity contribution in [1.82, 2.24) is 14.8 Å². The fourth-order valence-corrected chi connectivity index (χ4v) is 3.96. The lowest BCUT2D eigenvalue weighted by Crippen LogP contribution is -2.36. The second kappa shape index (κ2) is 6.49. The number of ketones is 1. The van der Waals surface area contributed by atoms with Gasteiger partial charge in [-0.3, -0.25) is 4.79 Å². The lowest BCUT2D eigenvalue weighted by molar-refractivity contribution is -0.118. The zero-order chi connectivity index (χ0) is 19.2. The Morgan fingerprint density at radius 2 is 2.00 bits per heavy atom. The molecule has 0 saturated heterocycles. The second-order valence-electron chi connectivity index (χ2n) is 8.08. The van der Waals surface area contributed by atoms with E-state index in [2.05, 4.69) is 29.2 Å². The summed E-state index contributed by atoms with van der Waals surface area (Å²) in [7, 11) is 0. The van der Waals surface area contributed by atoms with E-state index in [1.54, 1.807) is 16.8 Å². The number of carbonyl (C=O) groups excluding carboxylic acids is 1. The van der Waals surface area contributed by atoms with E-state index in [1.807, 2.05) is 12.1 Å². The van der Waals surface area contributed by atoms with Crippen molar-refractivity contribution in [2.24, 2.45) is 5.41 Å². The Morgan fingerprint density at radius 3 is 2.70 bits per heavy atom. The number of anilines is 1. The van der Waals surface area contributed by atoms with E-state index in [4.69, 9.17) is 5.11 Å². The molecule has 1 unspecified atom stereocenters. The molecule has 0 saturated carbocycles. The summed E-state index contributed by atoms with van der Waals surface area (Å²) in [5.41, 5.74) is 2.41. The zero-order valence-corrected chi connectivity index (χ0v) is 15.6. The maximum Gasteiger partial charge on any atom is 0.226 e. The Labute approximate surface area is 157 Å². The molecule has 1 atom stereocenters. The fourth-order valence-electron chi connectivity index (χ4n) is 3.96. The van der Waals surface area contributed by atoms with Crippen molar-refractivity contribution in [3.05, 3.63) is 46.9 Å². The van der Waals surface area contributed by atoms with Crippen LogP contribution in [0.25, 0.3) is 0 Å². The Kier molecular flexibility index (Phi) is 4.26. The fraction of sp³-hybridized carbons (Fsp3) is 0.450. The number of rotatable bonds is 4. The quantitative estimate of drug-likeness (QED) is 0.767. The number of hydrogen-bond acceptors (Lipinski definition) is 6. The number of benzene rings is 1. The summed E-state index contributed by atoms with van der Waals surface area (Å²) in [5.74, 6) is 1.55. The molecule has 0 amide bonds. The standard InChI is InChI=1S/C20H24N4O3/c1-20(2)10-14-17(15(27)11-20)18(12-5-7-13(26)8-6-12)24-19(21-14)22-16(23-24)4-3-9-25/h5-8,18,25-26H,3-4,9-11H2,1-2H3,(H,21,22,23). The molecule has 1 aliphatic carbocycles. The lowest BCUT2D eigenvalue weighted by atomic mass is 9.73. The van der Waals surface area contributed by atoms with E-state index in [9.17, 15) is 9.90 Å². The highest BCUT2D eigenvalue weighted by Gasteiger charge is 2.41. The summed E-state index contributed by atoms with van der Waals surface area (Å²) in [5, 5.41) is 26.7. The van der Waals surface area contributed by atoms with Crippen LogP contribution in [-0.2, 0) is 11.2 Å². The van der Waals surface area contributed by atoms with Gasteiger partial charge in [0.15, 0.2) is 11.6 Å². The first-order valence-electron chi connectivity index (χ1n) is 9.26. The molecule has 7 heteroatoms. The average molecular weight is 368 g/mol. The molecule has 3 N–H and O–H groups in total. The van der Waals surface area contributed by atoms with Gasteiger partial charge in [-0.05, 0) is 36.0 Å². The summed E-state index contributed by atoms with van der Waals surface area (Å²) < 4.78 is 1.76. The van der Waals surface area contributed by atoms with E-state index in [0.29, 0.717) is 31.0 Å². The van der Waals surface area contributed by atoms with Crippen molar-refractivity contribution in [1.29, 1.82) is 0 Å². The highest BCUT2D eigenvalue weighted by molar-refractivity contribution is 6.00. The minimum absolute atomic E-state index is 0.0835. The lowest BCUT2D eigenvalue weighted by Gasteiger charge is -2.38. The minimum atomic E-state index is -0.365. The van der Waals surface area contributed by atoms with Crippen LogP contribution in [-0.4, -0.2) is 37.4 Å². The van der Waals surface area contributed by atoms with Crippen LogP contribution >= 0.6 is 0 Å². The van der Waals surface area contributed by atoms with Crippen molar-refractivity contribution in [3.63, 3.8) is 0 Å². The molecule has 7 nitrogen and oxygen atoms in total. The number of hydrogen-bond donors (Lipinski definition) is 3. The highest BCUT2D eigenvalue weighted by Crippen LogP contribution is 2.45. The van der Waals surface area contributed by atoms with Crippen LogP contribution < -0.4 is 5.32 Å². The molecule has 27 heavy (non-hydrogen) atoms. The summed E-state index contributed by atoms with van der Waals surface area (Å²) in [6.45, 7) is 4.27. The van der Waals surface area contributed by atoms with Gasteiger partial charge in [-0.1, -0.05) is 26.0 Å². The number of nitrogens with zero attached hydrogens (tertiary/aromatic N) is 3. The molecular formula is C20H24N4O3. The molecular weight excluding hydrogens is 344 g/mol. The largest absolute Gasteiger partial charge is 0.508 e. The van der Waals surface area contributed by atoms with Gasteiger partial charge in [0.25, 0.3) is 0 Å². The van der Waals surface area contributed by atoms with Crippen LogP contribution in [0, 0.1) is 5.41 Å². The van der Waals surface area contributed by atoms with Gasteiger partial charge >= 0.3 is 0 Å². The number of nitrogens with one attached hydrogen (secondary N) is 1. The van der Waals surface area contributed by atoms with Crippen LogP contribution in [0.5, 0.6) is 5.75 Å². The molecule has 0 radical (unpaired) electrons. The topological polar surface area (TPSA) is 100 Å². The molecule has 0 bridgehead atoms. The third kappa shape index (κ3) is 3.23. The van der Waals surface area contributed by atoms with Crippen molar-refractivity contribution in [2.45, 2.75) is 45.6 Å². The van der Waals surface area contributed by atoms with Crippen molar-refractivity contribution < 1.29 is 15.0 Å². The zero-order valence-electron chi connectivity index (χ0n) is 15.6. The summed E-state index contributed by atoms with van der Waals surface area (Å²) in [4.78, 5) is 17.6. The SMILES string of the molecule is CC1(C)CC(=O)C2=C(C1)Nc1nc(CCCO)nn1C2c1ccc(O)cc1. The van der Waals surface area contributed by atoms with Crippen LogP contribution in [0.3, 0.4) is 0 Å². The van der Waals surface area contributed by atoms with Gasteiger partial charge in [0.2, 0.25) is 5.95 Å². The van der Waals surface area contributed by atoms with Crippen LogP contribution in [0.4, 0.5) is 5.95 Å². The van der Waals surface area contributed by atoms with E-state index < -0.39 is 0 Å². The molecule has 1 aromatic heterocycles. The first-order valence-corrected chi connectivity index (χ1v) is 9.26. The van der Waals surface area contributed by atoms with Crippen LogP contribution in [0.1, 0.15) is 50.5 Å². The Bertz CT molecular complexity index is 912. The number of allylic oxidation sites excluding steroid dienone is 2. The number of fused-ring (bicyclic) bond motifs is 1. The maximum atomic E-state index is 13.0. The Hall–Kier alpha value is -2.67. The van der Waals surface area contributed by atoms with Gasteiger partial charge in [0.05, 0.1) is 0 Å². The summed E-state index contributed by atoms with van der Waals surface area (Å²) in [6.07, 6.45) is 2.42. The van der Waals surface area contributed by atoms with Gasteiger partial charge in [-0.2, -0.15) is 10.1 Å². The number of phenolic OH excluding ortho intramolecular Hbond substituents is 1. The first-order chi connectivity index (χ1) is 12.9. The molecule has 2 aromatic rings. The maximum absolute atomic E-state index is 13.0. The highest BCUT2D eigenvalue weighted by atomic mass is 16.3. The van der Waals surface area contributed by atoms with Gasteiger partial charge in [-0.25, -0.2) is 4.68 Å². The van der Waals surface area contributed by atoms with E-state index in [1.165, 1.54) is 0 Å². The van der Waals surface area contributed by atoms with Crippen LogP contribution in [0.2, 0.25) is 0 Å². The molecule has 142 valence electrons. The predicted octanol–water partition coefficient (Wildman–Crippen LogP) is 2.57. The average Bonchev–Trinajstić information content (AvgIpc) is 3.00. The van der Waals surface area contributed by atoms with Crippen molar-refractivity contribution in [3.8, 4) is 5.75 Å². The molecule has 2 aliphatic rings. The smallest absolute Gasteiger partial charge is 0.226 e. The number of aliphatic hydroxyl groups excluding tert-OH is 1. The molecule has 4 rings (SSSR count). The molecule has 2 heterocycles. The number of aromatic hydroxyl groups is 1. The normalized spacial score (nSPS) is 20.9. The predicted molar refractivity (Wildman–Crippen MR) is 100 cm³/mol. The molecule has 0 fully saturated rings. The summed E-state index contributed by atoms with van der Waals surface area (Å²) in [6, 6.07) is 6.52. The van der Waals surface area contributed by atoms with E-state index in [0.717, 1.165) is 23.3 Å². The molecule has 1 aromatic carbocycles. The minimum Gasteiger partial charge on any atom is -0.508 e. The molecule has 0 spiro atoms. The van der Waals surface area contributed by atoms with E-state index >= 15 is 0 Å². The number of Topliss-reactive ketones (excluding diaryl/α,β-unsaturated/α-hetero) is 1. The third-order valence-electron chi connectivity index (χ3n) is 5.14. The first kappa shape index (κ1) is 17.7. The number of aliphatic hydroxyl groups is 1. The van der Waals surface area contributed by atoms with Gasteiger partial charge < -0.3 is 15.5 Å². The third-order valence-corrected chi connectivity index (χ3v) is 5.14. The number of carbonyl (C=O) groups is 1. The van der Waals surface area contributed by atoms with E-state index in [-0.39, 0.29) is 29.6 Å². The number of phenols is 1.